The maximum absolute atomic E-state index is 7.56. The predicted molar refractivity (Wildman–Crippen MR) is 88.7 cm³/mol. The van der Waals surface area contributed by atoms with E-state index in [1.165, 1.54) is 12.8 Å². The molecule has 0 aliphatic rings. The molecule has 0 aromatic carbocycles. The number of hydrogen-bond donors (Lipinski definition) is 3. The molecule has 0 unspecified atom stereocenters. The number of hydrogen-bond acceptors (Lipinski definition) is 5. The molecule has 0 saturated heterocycles. The van der Waals surface area contributed by atoms with Gasteiger partial charge in [0, 0.05) is 14.2 Å². The number of unbranched alkanes of at least 4 members (excludes halogenated alkanes) is 2. The van der Waals surface area contributed by atoms with Crippen molar-refractivity contribution >= 4 is 44.1 Å². The fourth-order valence-electron chi connectivity index (χ4n) is 0.621. The molecule has 5 N–H and O–H groups in total. The summed E-state index contributed by atoms with van der Waals surface area (Å²) in [5.41, 5.74) is 9.48. The molecule has 0 atom stereocenters. The topological polar surface area (TPSA) is 100.0 Å². The van der Waals surface area contributed by atoms with Gasteiger partial charge in [-0.2, -0.15) is 0 Å². The molecule has 0 aliphatic heterocycles. The van der Waals surface area contributed by atoms with Crippen LogP contribution in [0.25, 0.3) is 0 Å². The van der Waals surface area contributed by atoms with E-state index in [0.29, 0.717) is 6.61 Å². The van der Waals surface area contributed by atoms with Crippen LogP contribution in [0.2, 0.25) is 6.55 Å². The van der Waals surface area contributed by atoms with Crippen LogP contribution in [0.4, 0.5) is 0 Å². The third-order valence-corrected chi connectivity index (χ3v) is 3.10. The molecular weight excluding hydrogens is 304 g/mol. The van der Waals surface area contributed by atoms with E-state index in [1.54, 1.807) is 14.2 Å². The van der Waals surface area contributed by atoms with Crippen molar-refractivity contribution in [2.24, 2.45) is 11.5 Å². The Hall–Kier alpha value is -0.483. The van der Waals surface area contributed by atoms with Crippen molar-refractivity contribution in [2.75, 3.05) is 20.8 Å². The van der Waals surface area contributed by atoms with Crippen molar-refractivity contribution in [3.05, 3.63) is 0 Å². The first-order valence-electron chi connectivity index (χ1n) is 5.77. The zero-order valence-electron chi connectivity index (χ0n) is 12.0. The van der Waals surface area contributed by atoms with Crippen molar-refractivity contribution < 1.29 is 18.7 Å². The van der Waals surface area contributed by atoms with Gasteiger partial charge in [-0.15, -0.1) is 0 Å². The minimum absolute atomic E-state index is 0.158. The van der Waals surface area contributed by atoms with Crippen LogP contribution in [-0.2, 0) is 13.6 Å². The molecule has 0 radical (unpaired) electrons. The third-order valence-electron chi connectivity index (χ3n) is 1.66. The fraction of sp³-hybridized carbons (Fsp3) is 0.800. The van der Waals surface area contributed by atoms with Crippen molar-refractivity contribution in [1.82, 2.24) is 0 Å². The van der Waals surface area contributed by atoms with Crippen molar-refractivity contribution in [3.63, 3.8) is 0 Å². The van der Waals surface area contributed by atoms with Gasteiger partial charge in [-0.25, -0.2) is 0 Å². The first kappa shape index (κ1) is 23.6. The molecule has 116 valence electrons. The van der Waals surface area contributed by atoms with E-state index in [-0.39, 0.29) is 5.17 Å². The molecule has 6 nitrogen and oxygen atoms in total. The Kier molecular flexibility index (Phi) is 24.7. The first-order valence-corrected chi connectivity index (χ1v) is 8.69. The Morgan fingerprint density at radius 1 is 1.16 bits per heavy atom. The summed E-state index contributed by atoms with van der Waals surface area (Å²) in [7, 11) is 2.17. The number of ether oxygens (including phenoxy) is 1. The van der Waals surface area contributed by atoms with Gasteiger partial charge in [-0.3, -0.25) is 0 Å². The highest BCUT2D eigenvalue weighted by molar-refractivity contribution is 7.80. The average molecular weight is 331 g/mol. The molecule has 19 heavy (non-hydrogen) atoms. The standard InChI is InChI=1S/C6H13NOS.C3H10O2Si.CH3NOS/c1-2-3-4-5-8-6(7)9;1-4-6(3)5-2;2-1(3)4/h2-5H2,1H3,(H2,7,9);6H,1-3H3;(H3,2,3,4). The quantitative estimate of drug-likeness (QED) is 0.381. The van der Waals surface area contributed by atoms with E-state index >= 15 is 0 Å². The van der Waals surface area contributed by atoms with Crippen LogP contribution in [-0.4, -0.2) is 45.6 Å². The molecule has 9 heteroatoms. The maximum atomic E-state index is 7.56. The molecule has 0 spiro atoms. The van der Waals surface area contributed by atoms with Crippen LogP contribution < -0.4 is 11.5 Å². The molecule has 0 aliphatic carbocycles. The number of nitrogens with two attached hydrogens (primary N) is 2. The molecule has 0 heterocycles. The van der Waals surface area contributed by atoms with E-state index in [2.05, 4.69) is 37.1 Å². The summed E-state index contributed by atoms with van der Waals surface area (Å²) in [6, 6.07) is 0. The highest BCUT2D eigenvalue weighted by Gasteiger charge is 1.94. The second-order valence-corrected chi connectivity index (χ2v) is 6.15. The lowest BCUT2D eigenvalue weighted by Gasteiger charge is -2.00. The molecule has 0 saturated carbocycles. The Morgan fingerprint density at radius 3 is 1.79 bits per heavy atom. The van der Waals surface area contributed by atoms with E-state index < -0.39 is 14.5 Å². The van der Waals surface area contributed by atoms with Gasteiger partial charge in [0.15, 0.2) is 0 Å². The second kappa shape index (κ2) is 19.8. The van der Waals surface area contributed by atoms with E-state index in [4.69, 9.17) is 24.4 Å². The number of thiocarbonyl (C=S) groups is 2. The summed E-state index contributed by atoms with van der Waals surface area (Å²) in [4.78, 5) is 0. The molecule has 0 fully saturated rings. The van der Waals surface area contributed by atoms with Crippen LogP contribution in [0.5, 0.6) is 0 Å². The molecule has 0 amide bonds. The Balaban J connectivity index is -0.000000222. The normalized spacial score (nSPS) is 8.68. The first-order chi connectivity index (χ1) is 8.81. The Morgan fingerprint density at radius 2 is 1.58 bits per heavy atom. The lowest BCUT2D eigenvalue weighted by Crippen LogP contribution is -2.13. The average Bonchev–Trinajstić information content (AvgIpc) is 2.33. The smallest absolute Gasteiger partial charge is 0.317 e. The van der Waals surface area contributed by atoms with Crippen LogP contribution in [0.1, 0.15) is 26.2 Å². The highest BCUT2D eigenvalue weighted by atomic mass is 32.1. The van der Waals surface area contributed by atoms with E-state index in [0.717, 1.165) is 6.42 Å². The van der Waals surface area contributed by atoms with Crippen molar-refractivity contribution in [3.8, 4) is 0 Å². The zero-order valence-corrected chi connectivity index (χ0v) is 14.8. The Labute approximate surface area is 128 Å². The van der Waals surface area contributed by atoms with Gasteiger partial charge >= 0.3 is 9.28 Å². The minimum Gasteiger partial charge on any atom is -0.487 e. The van der Waals surface area contributed by atoms with E-state index in [1.807, 2.05) is 6.55 Å². The van der Waals surface area contributed by atoms with Gasteiger partial charge in [-0.05, 0) is 37.4 Å². The van der Waals surface area contributed by atoms with Gasteiger partial charge < -0.3 is 30.2 Å². The van der Waals surface area contributed by atoms with Crippen LogP contribution >= 0.6 is 24.4 Å². The molecular formula is C10H26N2O4S2Si. The largest absolute Gasteiger partial charge is 0.487 e. The summed E-state index contributed by atoms with van der Waals surface area (Å²) in [6.07, 6.45) is 3.43. The molecule has 0 rings (SSSR count). The minimum atomic E-state index is -1.16. The van der Waals surface area contributed by atoms with Crippen molar-refractivity contribution in [2.45, 2.75) is 32.7 Å². The van der Waals surface area contributed by atoms with Crippen LogP contribution in [0.3, 0.4) is 0 Å². The lowest BCUT2D eigenvalue weighted by atomic mass is 10.3. The summed E-state index contributed by atoms with van der Waals surface area (Å²) in [5.74, 6) is 0. The summed E-state index contributed by atoms with van der Waals surface area (Å²) in [6.45, 7) is 4.78. The van der Waals surface area contributed by atoms with Gasteiger partial charge in [0.05, 0.1) is 6.61 Å². The molecule has 0 bridgehead atoms. The number of rotatable bonds is 6. The summed E-state index contributed by atoms with van der Waals surface area (Å²) in [5, 5.41) is 7.22. The lowest BCUT2D eigenvalue weighted by molar-refractivity contribution is 0.285. The maximum Gasteiger partial charge on any atom is 0.317 e. The number of aliphatic hydroxyl groups is 1. The van der Waals surface area contributed by atoms with Crippen molar-refractivity contribution in [1.29, 1.82) is 0 Å². The van der Waals surface area contributed by atoms with Crippen LogP contribution in [0.15, 0.2) is 0 Å². The second-order valence-electron chi connectivity index (χ2n) is 3.25. The molecule has 0 aromatic rings. The highest BCUT2D eigenvalue weighted by Crippen LogP contribution is 1.93. The van der Waals surface area contributed by atoms with Gasteiger partial charge in [0.25, 0.3) is 10.3 Å². The fourth-order valence-corrected chi connectivity index (χ4v) is 0.897. The number of aliphatic hydroxyl groups excluding tert-OH is 1. The zero-order chi connectivity index (χ0) is 15.7. The summed E-state index contributed by atoms with van der Waals surface area (Å²) < 4.78 is 14.5. The molecule has 0 aromatic heterocycles. The van der Waals surface area contributed by atoms with E-state index in [9.17, 15) is 0 Å². The van der Waals surface area contributed by atoms with Crippen LogP contribution in [0, 0.1) is 0 Å². The van der Waals surface area contributed by atoms with Gasteiger partial charge in [-0.1, -0.05) is 19.8 Å². The monoisotopic (exact) mass is 330 g/mol. The SMILES string of the molecule is CCCCCOC(N)=S.CO[SiH](C)OC.NC(O)=S. The Bertz CT molecular complexity index is 216. The van der Waals surface area contributed by atoms with Gasteiger partial charge in [0.2, 0.25) is 0 Å². The van der Waals surface area contributed by atoms with Gasteiger partial charge in [0.1, 0.15) is 0 Å². The predicted octanol–water partition coefficient (Wildman–Crippen LogP) is 1.35. The third kappa shape index (κ3) is 46.6. The summed E-state index contributed by atoms with van der Waals surface area (Å²) >= 11 is 8.37.